The molecule has 0 atom stereocenters. The van der Waals surface area contributed by atoms with Crippen LogP contribution in [-0.4, -0.2) is 81.7 Å². The second kappa shape index (κ2) is 11.4. The molecule has 152 valence electrons. The normalized spacial score (nSPS) is 16.8. The number of guanidine groups is 1. The third-order valence-corrected chi connectivity index (χ3v) is 6.34. The number of ether oxygens (including phenoxy) is 1. The third kappa shape index (κ3) is 7.11. The van der Waals surface area contributed by atoms with Gasteiger partial charge >= 0.3 is 5.97 Å². The first-order valence-electron chi connectivity index (χ1n) is 9.49. The molecular weight excluding hydrogens is 356 g/mol. The number of likely N-dealkylation sites (tertiary alicyclic amines) is 1. The summed E-state index contributed by atoms with van der Waals surface area (Å²) < 4.78 is 30.0. The number of piperidine rings is 1. The highest BCUT2D eigenvalue weighted by molar-refractivity contribution is 7.89. The van der Waals surface area contributed by atoms with Gasteiger partial charge in [0.2, 0.25) is 10.0 Å². The number of hydrogen-bond donors (Lipinski definition) is 1. The number of carbonyl (C=O) groups is 1. The molecule has 0 spiro atoms. The van der Waals surface area contributed by atoms with Crippen LogP contribution in [-0.2, 0) is 19.6 Å². The number of nitrogens with one attached hydrogen (secondary N) is 1. The SMILES string of the molecule is CCNC(=NCCCN(C)S(=O)(=O)CC)N1CCC(C(=O)OCC)CC1. The van der Waals surface area contributed by atoms with Crippen molar-refractivity contribution in [3.05, 3.63) is 0 Å². The smallest absolute Gasteiger partial charge is 0.309 e. The van der Waals surface area contributed by atoms with Crippen molar-refractivity contribution in [1.29, 1.82) is 0 Å². The lowest BCUT2D eigenvalue weighted by molar-refractivity contribution is -0.149. The predicted molar refractivity (Wildman–Crippen MR) is 104 cm³/mol. The summed E-state index contributed by atoms with van der Waals surface area (Å²) in [5.74, 6) is 0.817. The summed E-state index contributed by atoms with van der Waals surface area (Å²) in [6.07, 6.45) is 2.20. The number of rotatable bonds is 9. The molecule has 1 aliphatic heterocycles. The molecule has 0 aromatic rings. The van der Waals surface area contributed by atoms with Gasteiger partial charge in [-0.3, -0.25) is 9.79 Å². The quantitative estimate of drug-likeness (QED) is 0.272. The molecule has 0 unspecified atom stereocenters. The Morgan fingerprint density at radius 3 is 2.46 bits per heavy atom. The lowest BCUT2D eigenvalue weighted by Gasteiger charge is -2.33. The summed E-state index contributed by atoms with van der Waals surface area (Å²) >= 11 is 0. The number of sulfonamides is 1. The van der Waals surface area contributed by atoms with Gasteiger partial charge in [-0.15, -0.1) is 0 Å². The number of esters is 1. The highest BCUT2D eigenvalue weighted by atomic mass is 32.2. The summed E-state index contributed by atoms with van der Waals surface area (Å²) in [6.45, 7) is 9.22. The molecule has 8 nitrogen and oxygen atoms in total. The molecule has 1 fully saturated rings. The highest BCUT2D eigenvalue weighted by Crippen LogP contribution is 2.18. The monoisotopic (exact) mass is 390 g/mol. The van der Waals surface area contributed by atoms with Gasteiger partial charge in [0.05, 0.1) is 18.3 Å². The van der Waals surface area contributed by atoms with Crippen molar-refractivity contribution in [3.8, 4) is 0 Å². The van der Waals surface area contributed by atoms with Gasteiger partial charge in [0.15, 0.2) is 5.96 Å². The van der Waals surface area contributed by atoms with Crippen molar-refractivity contribution in [2.24, 2.45) is 10.9 Å². The van der Waals surface area contributed by atoms with E-state index in [9.17, 15) is 13.2 Å². The van der Waals surface area contributed by atoms with Crippen LogP contribution in [0.1, 0.15) is 40.0 Å². The average molecular weight is 391 g/mol. The standard InChI is InChI=1S/C17H34N4O4S/c1-5-18-17(19-11-8-12-20(4)26(23,24)7-3)21-13-9-15(10-14-21)16(22)25-6-2/h15H,5-14H2,1-4H3,(H,18,19). The maximum absolute atomic E-state index is 11.8. The highest BCUT2D eigenvalue weighted by Gasteiger charge is 2.27. The lowest BCUT2D eigenvalue weighted by Crippen LogP contribution is -2.46. The molecule has 1 heterocycles. The van der Waals surface area contributed by atoms with E-state index in [4.69, 9.17) is 4.74 Å². The first-order valence-corrected chi connectivity index (χ1v) is 11.1. The zero-order chi connectivity index (χ0) is 19.6. The van der Waals surface area contributed by atoms with Crippen molar-refractivity contribution in [3.63, 3.8) is 0 Å². The Bertz CT molecular complexity index is 557. The maximum Gasteiger partial charge on any atom is 0.309 e. The van der Waals surface area contributed by atoms with Crippen molar-refractivity contribution in [1.82, 2.24) is 14.5 Å². The van der Waals surface area contributed by atoms with Crippen LogP contribution < -0.4 is 5.32 Å². The largest absolute Gasteiger partial charge is 0.466 e. The van der Waals surface area contributed by atoms with Gasteiger partial charge in [-0.2, -0.15) is 0 Å². The van der Waals surface area contributed by atoms with E-state index in [2.05, 4.69) is 15.2 Å². The van der Waals surface area contributed by atoms with Gasteiger partial charge in [-0.1, -0.05) is 0 Å². The van der Waals surface area contributed by atoms with Crippen LogP contribution >= 0.6 is 0 Å². The average Bonchev–Trinajstić information content (AvgIpc) is 2.64. The van der Waals surface area contributed by atoms with Gasteiger partial charge in [-0.05, 0) is 40.0 Å². The minimum Gasteiger partial charge on any atom is -0.466 e. The first kappa shape index (κ1) is 22.7. The van der Waals surface area contributed by atoms with Crippen LogP contribution in [0.4, 0.5) is 0 Å². The molecule has 1 N–H and O–H groups in total. The van der Waals surface area contributed by atoms with Gasteiger partial charge in [-0.25, -0.2) is 12.7 Å². The molecule has 1 rings (SSSR count). The van der Waals surface area contributed by atoms with Crippen LogP contribution in [0.5, 0.6) is 0 Å². The summed E-state index contributed by atoms with van der Waals surface area (Å²) in [4.78, 5) is 18.6. The van der Waals surface area contributed by atoms with E-state index in [1.54, 1.807) is 14.0 Å². The molecule has 0 saturated carbocycles. The van der Waals surface area contributed by atoms with Crippen molar-refractivity contribution in [2.75, 3.05) is 52.1 Å². The zero-order valence-corrected chi connectivity index (χ0v) is 17.3. The molecule has 0 amide bonds. The summed E-state index contributed by atoms with van der Waals surface area (Å²) in [5, 5.41) is 3.28. The number of nitrogens with zero attached hydrogens (tertiary/aromatic N) is 3. The van der Waals surface area contributed by atoms with Gasteiger partial charge in [0.1, 0.15) is 0 Å². The van der Waals surface area contributed by atoms with E-state index in [0.717, 1.165) is 38.4 Å². The summed E-state index contributed by atoms with van der Waals surface area (Å²) in [5.41, 5.74) is 0. The summed E-state index contributed by atoms with van der Waals surface area (Å²) in [6, 6.07) is 0. The fourth-order valence-corrected chi connectivity index (χ4v) is 3.70. The molecule has 0 aliphatic carbocycles. The molecule has 1 aliphatic rings. The lowest BCUT2D eigenvalue weighted by atomic mass is 9.97. The Hall–Kier alpha value is -1.35. The molecule has 26 heavy (non-hydrogen) atoms. The second-order valence-electron chi connectivity index (χ2n) is 6.32. The van der Waals surface area contributed by atoms with E-state index in [0.29, 0.717) is 26.1 Å². The Balaban J connectivity index is 2.50. The van der Waals surface area contributed by atoms with E-state index in [1.165, 1.54) is 4.31 Å². The summed E-state index contributed by atoms with van der Waals surface area (Å²) in [7, 11) is -1.53. The van der Waals surface area contributed by atoms with E-state index < -0.39 is 10.0 Å². The number of aliphatic imine (C=N–C) groups is 1. The molecule has 1 saturated heterocycles. The van der Waals surface area contributed by atoms with Crippen LogP contribution in [0.3, 0.4) is 0 Å². The Kier molecular flexibility index (Phi) is 9.93. The molecule has 0 aromatic heterocycles. The Morgan fingerprint density at radius 1 is 1.27 bits per heavy atom. The minimum atomic E-state index is -3.13. The van der Waals surface area contributed by atoms with E-state index >= 15 is 0 Å². The zero-order valence-electron chi connectivity index (χ0n) is 16.5. The minimum absolute atomic E-state index is 0.0259. The Labute approximate surface area is 158 Å². The van der Waals surface area contributed by atoms with Crippen molar-refractivity contribution >= 4 is 22.0 Å². The first-order chi connectivity index (χ1) is 12.4. The Morgan fingerprint density at radius 2 is 1.92 bits per heavy atom. The van der Waals surface area contributed by atoms with Crippen LogP contribution in [0.25, 0.3) is 0 Å². The molecular formula is C17H34N4O4S. The number of carbonyl (C=O) groups excluding carboxylic acids is 1. The van der Waals surface area contributed by atoms with Crippen LogP contribution in [0.2, 0.25) is 0 Å². The fourth-order valence-electron chi connectivity index (χ4n) is 2.85. The number of hydrogen-bond acceptors (Lipinski definition) is 5. The molecule has 0 aromatic carbocycles. The van der Waals surface area contributed by atoms with Gasteiger partial charge in [0, 0.05) is 39.8 Å². The molecule has 0 radical (unpaired) electrons. The fraction of sp³-hybridized carbons (Fsp3) is 0.882. The van der Waals surface area contributed by atoms with Gasteiger partial charge < -0.3 is 15.0 Å². The molecule has 9 heteroatoms. The third-order valence-electron chi connectivity index (χ3n) is 4.48. The molecule has 0 bridgehead atoms. The van der Waals surface area contributed by atoms with Gasteiger partial charge in [0.25, 0.3) is 0 Å². The van der Waals surface area contributed by atoms with Crippen molar-refractivity contribution in [2.45, 2.75) is 40.0 Å². The second-order valence-corrected chi connectivity index (χ2v) is 8.69. The maximum atomic E-state index is 11.8. The van der Waals surface area contributed by atoms with E-state index in [1.807, 2.05) is 13.8 Å². The van der Waals surface area contributed by atoms with Crippen LogP contribution in [0.15, 0.2) is 4.99 Å². The predicted octanol–water partition coefficient (Wildman–Crippen LogP) is 0.899. The van der Waals surface area contributed by atoms with Crippen molar-refractivity contribution < 1.29 is 17.9 Å². The van der Waals surface area contributed by atoms with E-state index in [-0.39, 0.29) is 17.6 Å². The topological polar surface area (TPSA) is 91.3 Å². The van der Waals surface area contributed by atoms with Crippen LogP contribution in [0, 0.1) is 5.92 Å².